The van der Waals surface area contributed by atoms with E-state index in [0.29, 0.717) is 5.75 Å². The number of esters is 1. The number of halogens is 2. The van der Waals surface area contributed by atoms with Crippen LogP contribution in [0.4, 0.5) is 10.1 Å². The van der Waals surface area contributed by atoms with Gasteiger partial charge in [0.1, 0.15) is 11.6 Å². The van der Waals surface area contributed by atoms with Crippen LogP contribution in [0.2, 0.25) is 5.02 Å². The number of hydrogen-bond acceptors (Lipinski definition) is 4. The average molecular weight is 378 g/mol. The number of benzene rings is 2. The maximum atomic E-state index is 13.0. The Balaban J connectivity index is 1.43. The van der Waals surface area contributed by atoms with E-state index in [0.717, 1.165) is 31.4 Å². The lowest BCUT2D eigenvalue weighted by Gasteiger charge is -2.09. The van der Waals surface area contributed by atoms with Crippen LogP contribution in [-0.2, 0) is 27.2 Å². The van der Waals surface area contributed by atoms with Gasteiger partial charge in [-0.25, -0.2) is 9.18 Å². The second-order valence-corrected chi connectivity index (χ2v) is 6.31. The highest BCUT2D eigenvalue weighted by molar-refractivity contribution is 6.33. The van der Waals surface area contributed by atoms with Crippen molar-refractivity contribution in [2.24, 2.45) is 0 Å². The number of hydrogen-bond donors (Lipinski definition) is 1. The van der Waals surface area contributed by atoms with Gasteiger partial charge in [-0.05, 0) is 60.7 Å². The number of rotatable bonds is 6. The Morgan fingerprint density at radius 3 is 2.69 bits per heavy atom. The van der Waals surface area contributed by atoms with Gasteiger partial charge in [0.15, 0.2) is 13.2 Å². The highest BCUT2D eigenvalue weighted by Gasteiger charge is 2.13. The maximum absolute atomic E-state index is 13.0. The molecule has 7 heteroatoms. The zero-order valence-corrected chi connectivity index (χ0v) is 14.6. The smallest absolute Gasteiger partial charge is 0.344 e. The number of ether oxygens (including phenoxy) is 2. The van der Waals surface area contributed by atoms with Crippen LogP contribution < -0.4 is 10.1 Å². The second kappa shape index (κ2) is 8.19. The fraction of sp³-hybridized carbons (Fsp3) is 0.263. The van der Waals surface area contributed by atoms with Crippen molar-refractivity contribution in [3.8, 4) is 5.75 Å². The predicted molar refractivity (Wildman–Crippen MR) is 95.0 cm³/mol. The predicted octanol–water partition coefficient (Wildman–Crippen LogP) is 3.53. The summed E-state index contributed by atoms with van der Waals surface area (Å²) in [4.78, 5) is 23.5. The molecule has 5 nitrogen and oxygen atoms in total. The van der Waals surface area contributed by atoms with Gasteiger partial charge in [-0.2, -0.15) is 0 Å². The van der Waals surface area contributed by atoms with Gasteiger partial charge in [0.25, 0.3) is 5.91 Å². The zero-order chi connectivity index (χ0) is 18.5. The first-order valence-electron chi connectivity index (χ1n) is 8.16. The van der Waals surface area contributed by atoms with Crippen molar-refractivity contribution < 1.29 is 23.5 Å². The third-order valence-electron chi connectivity index (χ3n) is 4.00. The Labute approximate surface area is 155 Å². The summed E-state index contributed by atoms with van der Waals surface area (Å²) < 4.78 is 23.2. The highest BCUT2D eigenvalue weighted by atomic mass is 35.5. The largest absolute Gasteiger partial charge is 0.482 e. The lowest BCUT2D eigenvalue weighted by Crippen LogP contribution is -2.23. The molecule has 0 heterocycles. The van der Waals surface area contributed by atoms with Gasteiger partial charge in [-0.3, -0.25) is 4.79 Å². The standard InChI is InChI=1S/C19H17ClFNO4/c20-16-9-14(21)5-7-17(16)22-18(23)10-26-19(24)11-25-15-6-4-12-2-1-3-13(12)8-15/h4-9H,1-3,10-11H2,(H,22,23). The molecule has 0 spiro atoms. The van der Waals surface area contributed by atoms with Crippen LogP contribution in [0, 0.1) is 5.82 Å². The van der Waals surface area contributed by atoms with Gasteiger partial charge in [0.05, 0.1) is 10.7 Å². The molecule has 0 atom stereocenters. The van der Waals surface area contributed by atoms with E-state index in [-0.39, 0.29) is 17.3 Å². The van der Waals surface area contributed by atoms with Crippen molar-refractivity contribution in [3.63, 3.8) is 0 Å². The third kappa shape index (κ3) is 4.73. The zero-order valence-electron chi connectivity index (χ0n) is 13.9. The number of amides is 1. The van der Waals surface area contributed by atoms with Gasteiger partial charge in [-0.15, -0.1) is 0 Å². The van der Waals surface area contributed by atoms with E-state index < -0.39 is 24.3 Å². The lowest BCUT2D eigenvalue weighted by molar-refractivity contribution is -0.149. The molecule has 1 N–H and O–H groups in total. The molecule has 0 fully saturated rings. The van der Waals surface area contributed by atoms with E-state index >= 15 is 0 Å². The Hall–Kier alpha value is -2.60. The van der Waals surface area contributed by atoms with Crippen molar-refractivity contribution in [3.05, 3.63) is 58.4 Å². The molecule has 1 aliphatic rings. The summed E-state index contributed by atoms with van der Waals surface area (Å²) in [5, 5.41) is 2.50. The first-order valence-corrected chi connectivity index (χ1v) is 8.54. The minimum atomic E-state index is -0.661. The molecule has 0 saturated heterocycles. The van der Waals surface area contributed by atoms with Gasteiger partial charge in [-0.1, -0.05) is 17.7 Å². The number of aryl methyl sites for hydroxylation is 2. The van der Waals surface area contributed by atoms with Crippen LogP contribution in [0.5, 0.6) is 5.75 Å². The number of carbonyl (C=O) groups is 2. The second-order valence-electron chi connectivity index (χ2n) is 5.91. The fourth-order valence-electron chi connectivity index (χ4n) is 2.75. The quantitative estimate of drug-likeness (QED) is 0.782. The van der Waals surface area contributed by atoms with Gasteiger partial charge >= 0.3 is 5.97 Å². The highest BCUT2D eigenvalue weighted by Crippen LogP contribution is 2.26. The SMILES string of the molecule is O=C(COC(=O)COc1ccc2c(c1)CCC2)Nc1ccc(F)cc1Cl. The third-order valence-corrected chi connectivity index (χ3v) is 4.31. The molecular weight excluding hydrogens is 361 g/mol. The molecule has 2 aromatic carbocycles. The molecule has 0 aliphatic heterocycles. The molecule has 1 aliphatic carbocycles. The lowest BCUT2D eigenvalue weighted by atomic mass is 10.1. The molecule has 0 radical (unpaired) electrons. The Morgan fingerprint density at radius 1 is 1.08 bits per heavy atom. The first kappa shape index (κ1) is 18.2. The number of carbonyl (C=O) groups excluding carboxylic acids is 2. The normalized spacial score (nSPS) is 12.4. The molecule has 2 aromatic rings. The van der Waals surface area contributed by atoms with Crippen molar-refractivity contribution in [1.82, 2.24) is 0 Å². The maximum Gasteiger partial charge on any atom is 0.344 e. The molecule has 0 saturated carbocycles. The molecule has 1 amide bonds. The Bertz CT molecular complexity index is 840. The average Bonchev–Trinajstić information content (AvgIpc) is 3.08. The van der Waals surface area contributed by atoms with Crippen molar-refractivity contribution in [2.45, 2.75) is 19.3 Å². The van der Waals surface area contributed by atoms with E-state index in [9.17, 15) is 14.0 Å². The van der Waals surface area contributed by atoms with Gasteiger partial charge in [0, 0.05) is 0 Å². The molecule has 0 aromatic heterocycles. The Morgan fingerprint density at radius 2 is 1.88 bits per heavy atom. The molecule has 3 rings (SSSR count). The van der Waals surface area contributed by atoms with E-state index in [1.165, 1.54) is 17.2 Å². The summed E-state index contributed by atoms with van der Waals surface area (Å²) in [5.74, 6) is -1.15. The fourth-order valence-corrected chi connectivity index (χ4v) is 2.96. The van der Waals surface area contributed by atoms with Crippen LogP contribution in [0.15, 0.2) is 36.4 Å². The van der Waals surface area contributed by atoms with Crippen molar-refractivity contribution >= 4 is 29.2 Å². The van der Waals surface area contributed by atoms with Gasteiger partial charge < -0.3 is 14.8 Å². The van der Waals surface area contributed by atoms with Crippen LogP contribution in [-0.4, -0.2) is 25.1 Å². The van der Waals surface area contributed by atoms with Crippen LogP contribution in [0.25, 0.3) is 0 Å². The van der Waals surface area contributed by atoms with E-state index in [1.54, 1.807) is 0 Å². The summed E-state index contributed by atoms with van der Waals surface area (Å²) in [6, 6.07) is 9.32. The molecule has 0 unspecified atom stereocenters. The summed E-state index contributed by atoms with van der Waals surface area (Å²) in [6.07, 6.45) is 3.22. The van der Waals surface area contributed by atoms with Crippen molar-refractivity contribution in [2.75, 3.05) is 18.5 Å². The monoisotopic (exact) mass is 377 g/mol. The number of anilines is 1. The summed E-state index contributed by atoms with van der Waals surface area (Å²) in [5.41, 5.74) is 2.80. The van der Waals surface area contributed by atoms with Gasteiger partial charge in [0.2, 0.25) is 0 Å². The van der Waals surface area contributed by atoms with Crippen molar-refractivity contribution in [1.29, 1.82) is 0 Å². The summed E-state index contributed by atoms with van der Waals surface area (Å²) >= 11 is 5.81. The van der Waals surface area contributed by atoms with E-state index in [2.05, 4.69) is 5.32 Å². The molecule has 26 heavy (non-hydrogen) atoms. The topological polar surface area (TPSA) is 64.6 Å². The summed E-state index contributed by atoms with van der Waals surface area (Å²) in [6.45, 7) is -0.774. The van der Waals surface area contributed by atoms with Crippen LogP contribution in [0.1, 0.15) is 17.5 Å². The van der Waals surface area contributed by atoms with E-state index in [1.807, 2.05) is 18.2 Å². The Kier molecular flexibility index (Phi) is 5.73. The van der Waals surface area contributed by atoms with Crippen LogP contribution in [0.3, 0.4) is 0 Å². The number of nitrogens with one attached hydrogen (secondary N) is 1. The molecular formula is C19H17ClFNO4. The first-order chi connectivity index (χ1) is 12.5. The minimum Gasteiger partial charge on any atom is -0.482 e. The molecule has 136 valence electrons. The minimum absolute atomic E-state index is 0.0598. The molecule has 0 bridgehead atoms. The van der Waals surface area contributed by atoms with E-state index in [4.69, 9.17) is 21.1 Å². The summed E-state index contributed by atoms with van der Waals surface area (Å²) in [7, 11) is 0. The van der Waals surface area contributed by atoms with Crippen LogP contribution >= 0.6 is 11.6 Å². The number of fused-ring (bicyclic) bond motifs is 1.